The van der Waals surface area contributed by atoms with Gasteiger partial charge >= 0.3 is 0 Å². The highest BCUT2D eigenvalue weighted by Crippen LogP contribution is 2.51. The first-order chi connectivity index (χ1) is 31.3. The summed E-state index contributed by atoms with van der Waals surface area (Å²) in [4.78, 5) is 2.51. The number of benzene rings is 9. The molecule has 0 amide bonds. The van der Waals surface area contributed by atoms with Crippen LogP contribution in [0.25, 0.3) is 75.5 Å². The van der Waals surface area contributed by atoms with Crippen LogP contribution < -0.4 is 4.90 Å². The Morgan fingerprint density at radius 2 is 0.985 bits per heavy atom. The van der Waals surface area contributed by atoms with E-state index in [9.17, 15) is 0 Å². The average Bonchev–Trinajstić information content (AvgIpc) is 3.80. The third kappa shape index (κ3) is 6.89. The molecule has 0 fully saturated rings. The summed E-state index contributed by atoms with van der Waals surface area (Å²) >= 11 is 1.88. The SMILES string of the molecule is CC(C)(C)c1cc(-c2cccc3cccc(-c4ccccc4N(c4ccc(-c5ccc6c(c5)C(C)(C)c5ccccc5-6)cc4)c4cccc5c4sc4ccccc45)c23)cc(C(C)(C)C)c1. The summed E-state index contributed by atoms with van der Waals surface area (Å²) in [6.45, 7) is 18.7. The van der Waals surface area contributed by atoms with Gasteiger partial charge in [0.1, 0.15) is 0 Å². The summed E-state index contributed by atoms with van der Waals surface area (Å²) in [5, 5.41) is 5.08. The van der Waals surface area contributed by atoms with Crippen LogP contribution in [-0.2, 0) is 16.2 Å². The summed E-state index contributed by atoms with van der Waals surface area (Å²) in [5.74, 6) is 0. The fourth-order valence-electron chi connectivity index (χ4n) is 10.4. The molecule has 1 aromatic heterocycles. The van der Waals surface area contributed by atoms with Gasteiger partial charge in [-0.1, -0.05) is 207 Å². The molecule has 0 unspecified atom stereocenters. The molecule has 1 heterocycles. The first-order valence-electron chi connectivity index (χ1n) is 23.1. The van der Waals surface area contributed by atoms with Gasteiger partial charge in [-0.3, -0.25) is 0 Å². The zero-order valence-corrected chi connectivity index (χ0v) is 39.6. The summed E-state index contributed by atoms with van der Waals surface area (Å²) in [7, 11) is 0. The van der Waals surface area contributed by atoms with Gasteiger partial charge in [0, 0.05) is 32.1 Å². The highest BCUT2D eigenvalue weighted by Gasteiger charge is 2.35. The Morgan fingerprint density at radius 3 is 1.72 bits per heavy atom. The van der Waals surface area contributed by atoms with E-state index in [-0.39, 0.29) is 16.2 Å². The topological polar surface area (TPSA) is 3.24 Å². The molecule has 0 aliphatic heterocycles. The predicted octanol–water partition coefficient (Wildman–Crippen LogP) is 18.6. The van der Waals surface area contributed by atoms with Gasteiger partial charge < -0.3 is 4.90 Å². The Bertz CT molecular complexity index is 3440. The van der Waals surface area contributed by atoms with Gasteiger partial charge in [-0.15, -0.1) is 11.3 Å². The van der Waals surface area contributed by atoms with E-state index in [1.54, 1.807) is 0 Å². The van der Waals surface area contributed by atoms with Gasteiger partial charge in [0.25, 0.3) is 0 Å². The zero-order valence-electron chi connectivity index (χ0n) is 38.8. The third-order valence-electron chi connectivity index (χ3n) is 14.0. The van der Waals surface area contributed by atoms with E-state index in [0.29, 0.717) is 0 Å². The normalized spacial score (nSPS) is 13.4. The number of nitrogens with zero attached hydrogens (tertiary/aromatic N) is 1. The second kappa shape index (κ2) is 15.2. The van der Waals surface area contributed by atoms with Crippen LogP contribution >= 0.6 is 11.3 Å². The van der Waals surface area contributed by atoms with E-state index in [1.807, 2.05) is 11.3 Å². The van der Waals surface area contributed by atoms with Crippen LogP contribution in [0.2, 0.25) is 0 Å². The number of anilines is 3. The standard InChI is InChI=1S/C63H55NS/c1-61(2,3)44-36-43(37-45(39-44)62(4,5)6)47-23-15-18-41-19-16-24-52(59(41)47)50-21-10-13-27-56(50)64(57-28-17-25-53-51-22-11-14-29-58(51)65-60(53)57)46-33-30-40(31-34-46)42-32-35-49-48-20-9-12-26-54(48)63(7,8)55(49)38-42/h9-39H,1-8H3. The molecular weight excluding hydrogens is 803 g/mol. The molecule has 0 saturated carbocycles. The van der Waals surface area contributed by atoms with Crippen molar-refractivity contribution in [3.05, 3.63) is 210 Å². The first-order valence-corrected chi connectivity index (χ1v) is 23.9. The number of para-hydroxylation sites is 1. The maximum absolute atomic E-state index is 2.51. The largest absolute Gasteiger partial charge is 0.308 e. The molecule has 0 radical (unpaired) electrons. The molecule has 0 atom stereocenters. The number of hydrogen-bond acceptors (Lipinski definition) is 2. The molecule has 2 heteroatoms. The molecule has 1 aliphatic rings. The van der Waals surface area contributed by atoms with Crippen LogP contribution in [0.5, 0.6) is 0 Å². The Balaban J connectivity index is 1.11. The van der Waals surface area contributed by atoms with E-state index in [0.717, 1.165) is 11.4 Å². The minimum atomic E-state index is -0.0585. The van der Waals surface area contributed by atoms with Crippen molar-refractivity contribution in [2.75, 3.05) is 4.90 Å². The monoisotopic (exact) mass is 857 g/mol. The highest BCUT2D eigenvalue weighted by molar-refractivity contribution is 7.26. The van der Waals surface area contributed by atoms with Crippen molar-refractivity contribution in [3.63, 3.8) is 0 Å². The van der Waals surface area contributed by atoms with Gasteiger partial charge in [0.05, 0.1) is 16.1 Å². The van der Waals surface area contributed by atoms with Gasteiger partial charge in [-0.25, -0.2) is 0 Å². The van der Waals surface area contributed by atoms with Crippen molar-refractivity contribution < 1.29 is 0 Å². The van der Waals surface area contributed by atoms with Crippen LogP contribution in [-0.4, -0.2) is 0 Å². The molecule has 0 bridgehead atoms. The quantitative estimate of drug-likeness (QED) is 0.161. The molecule has 0 spiro atoms. The molecular formula is C63H55NS. The van der Waals surface area contributed by atoms with E-state index in [2.05, 4.69) is 248 Å². The molecule has 0 N–H and O–H groups in total. The molecule has 10 aromatic rings. The molecule has 0 saturated heterocycles. The van der Waals surface area contributed by atoms with Crippen molar-refractivity contribution in [3.8, 4) is 44.5 Å². The first kappa shape index (κ1) is 41.0. The lowest BCUT2D eigenvalue weighted by Gasteiger charge is -2.29. The average molecular weight is 858 g/mol. The number of hydrogen-bond donors (Lipinski definition) is 0. The Hall–Kier alpha value is -6.74. The van der Waals surface area contributed by atoms with Crippen molar-refractivity contribution in [2.24, 2.45) is 0 Å². The lowest BCUT2D eigenvalue weighted by atomic mass is 9.78. The van der Waals surface area contributed by atoms with Crippen LogP contribution in [0.15, 0.2) is 188 Å². The summed E-state index contributed by atoms with van der Waals surface area (Å²) in [5.41, 5.74) is 19.0. The molecule has 1 aliphatic carbocycles. The molecule has 11 rings (SSSR count). The zero-order chi connectivity index (χ0) is 44.8. The second-order valence-electron chi connectivity index (χ2n) is 20.6. The van der Waals surface area contributed by atoms with E-state index < -0.39 is 0 Å². The molecule has 65 heavy (non-hydrogen) atoms. The maximum Gasteiger partial charge on any atom is 0.0640 e. The lowest BCUT2D eigenvalue weighted by Crippen LogP contribution is -2.16. The van der Waals surface area contributed by atoms with Crippen molar-refractivity contribution >= 4 is 59.3 Å². The lowest BCUT2D eigenvalue weighted by molar-refractivity contribution is 0.569. The summed E-state index contributed by atoms with van der Waals surface area (Å²) in [6.07, 6.45) is 0. The minimum absolute atomic E-state index is 0.00265. The van der Waals surface area contributed by atoms with Crippen molar-refractivity contribution in [1.82, 2.24) is 0 Å². The number of thiophene rings is 1. The van der Waals surface area contributed by atoms with Gasteiger partial charge in [0.15, 0.2) is 0 Å². The van der Waals surface area contributed by atoms with Crippen molar-refractivity contribution in [2.45, 2.75) is 71.6 Å². The molecule has 318 valence electrons. The number of rotatable bonds is 6. The second-order valence-corrected chi connectivity index (χ2v) is 21.6. The smallest absolute Gasteiger partial charge is 0.0640 e. The van der Waals surface area contributed by atoms with Crippen molar-refractivity contribution in [1.29, 1.82) is 0 Å². The van der Waals surface area contributed by atoms with Gasteiger partial charge in [-0.05, 0) is 119 Å². The van der Waals surface area contributed by atoms with Crippen LogP contribution in [0.1, 0.15) is 77.6 Å². The molecule has 1 nitrogen and oxygen atoms in total. The summed E-state index contributed by atoms with van der Waals surface area (Å²) in [6, 6.07) is 70.9. The minimum Gasteiger partial charge on any atom is -0.308 e. The van der Waals surface area contributed by atoms with E-state index in [4.69, 9.17) is 0 Å². The Labute approximate surface area is 388 Å². The molecule has 9 aromatic carbocycles. The Morgan fingerprint density at radius 1 is 0.415 bits per heavy atom. The highest BCUT2D eigenvalue weighted by atomic mass is 32.1. The predicted molar refractivity (Wildman–Crippen MR) is 283 cm³/mol. The van der Waals surface area contributed by atoms with Crippen LogP contribution in [0.4, 0.5) is 17.1 Å². The van der Waals surface area contributed by atoms with Crippen LogP contribution in [0, 0.1) is 0 Å². The Kier molecular flexibility index (Phi) is 9.58. The summed E-state index contributed by atoms with van der Waals surface area (Å²) < 4.78 is 2.58. The van der Waals surface area contributed by atoms with Gasteiger partial charge in [-0.2, -0.15) is 0 Å². The fraction of sp³-hybridized carbons (Fsp3) is 0.175. The van der Waals surface area contributed by atoms with E-state index >= 15 is 0 Å². The number of fused-ring (bicyclic) bond motifs is 7. The van der Waals surface area contributed by atoms with Crippen LogP contribution in [0.3, 0.4) is 0 Å². The fourth-order valence-corrected chi connectivity index (χ4v) is 11.6. The van der Waals surface area contributed by atoms with Gasteiger partial charge in [0.2, 0.25) is 0 Å². The van der Waals surface area contributed by atoms with E-state index in [1.165, 1.54) is 103 Å². The third-order valence-corrected chi connectivity index (χ3v) is 15.2. The maximum atomic E-state index is 2.51.